The van der Waals surface area contributed by atoms with E-state index in [9.17, 15) is 5.11 Å². The lowest BCUT2D eigenvalue weighted by atomic mass is 9.86. The van der Waals surface area contributed by atoms with Gasteiger partial charge in [0.15, 0.2) is 5.79 Å². The van der Waals surface area contributed by atoms with E-state index in [0.29, 0.717) is 13.2 Å². The molecular weight excluding hydrogens is 216 g/mol. The summed E-state index contributed by atoms with van der Waals surface area (Å²) in [4.78, 5) is 0. The summed E-state index contributed by atoms with van der Waals surface area (Å²) in [5, 5.41) is 9.42. The van der Waals surface area contributed by atoms with Crippen molar-refractivity contribution in [3.05, 3.63) is 35.9 Å². The molecular formula is C14H20O3. The van der Waals surface area contributed by atoms with Gasteiger partial charge in [-0.2, -0.15) is 0 Å². The van der Waals surface area contributed by atoms with Crippen LogP contribution in [0.2, 0.25) is 0 Å². The minimum absolute atomic E-state index is 0.106. The van der Waals surface area contributed by atoms with Gasteiger partial charge in [-0.1, -0.05) is 37.3 Å². The summed E-state index contributed by atoms with van der Waals surface area (Å²) >= 11 is 0. The van der Waals surface area contributed by atoms with Gasteiger partial charge in [0.05, 0.1) is 19.8 Å². The van der Waals surface area contributed by atoms with E-state index in [4.69, 9.17) is 9.47 Å². The quantitative estimate of drug-likeness (QED) is 0.875. The van der Waals surface area contributed by atoms with Crippen LogP contribution in [-0.2, 0) is 15.3 Å². The Hall–Kier alpha value is -0.900. The highest BCUT2D eigenvalue weighted by Crippen LogP contribution is 2.37. The minimum Gasteiger partial charge on any atom is -0.396 e. The molecule has 2 rings (SSSR count). The van der Waals surface area contributed by atoms with Crippen molar-refractivity contribution in [2.24, 2.45) is 5.41 Å². The molecule has 0 bridgehead atoms. The third kappa shape index (κ3) is 2.37. The Kier molecular flexibility index (Phi) is 3.52. The number of rotatable bonds is 3. The number of hydrogen-bond donors (Lipinski definition) is 1. The van der Waals surface area contributed by atoms with E-state index in [1.54, 1.807) is 0 Å². The summed E-state index contributed by atoms with van der Waals surface area (Å²) in [6.07, 6.45) is 0.856. The summed E-state index contributed by atoms with van der Waals surface area (Å²) in [5.74, 6) is -0.685. The molecule has 0 aromatic heterocycles. The number of ether oxygens (including phenoxy) is 2. The standard InChI is InChI=1S/C14H20O3/c1-3-14(9-15)10-16-13(2,17-11-14)12-7-5-4-6-8-12/h4-8,15H,3,9-11H2,1-2H3. The van der Waals surface area contributed by atoms with E-state index in [-0.39, 0.29) is 12.0 Å². The van der Waals surface area contributed by atoms with Crippen molar-refractivity contribution in [3.8, 4) is 0 Å². The predicted octanol–water partition coefficient (Wildman–Crippen LogP) is 2.29. The van der Waals surface area contributed by atoms with Gasteiger partial charge in [-0.25, -0.2) is 0 Å². The van der Waals surface area contributed by atoms with Gasteiger partial charge >= 0.3 is 0 Å². The number of aliphatic hydroxyl groups excluding tert-OH is 1. The fourth-order valence-electron chi connectivity index (χ4n) is 1.98. The molecule has 3 nitrogen and oxygen atoms in total. The molecule has 1 aliphatic heterocycles. The maximum absolute atomic E-state index is 9.42. The number of aliphatic hydroxyl groups is 1. The molecule has 1 fully saturated rings. The molecule has 0 spiro atoms. The first-order valence-corrected chi connectivity index (χ1v) is 6.08. The molecule has 94 valence electrons. The lowest BCUT2D eigenvalue weighted by Gasteiger charge is -2.43. The van der Waals surface area contributed by atoms with E-state index >= 15 is 0 Å². The Labute approximate surface area is 102 Å². The van der Waals surface area contributed by atoms with Crippen molar-refractivity contribution >= 4 is 0 Å². The van der Waals surface area contributed by atoms with Gasteiger partial charge in [0, 0.05) is 11.0 Å². The predicted molar refractivity (Wildman–Crippen MR) is 65.5 cm³/mol. The third-order valence-electron chi connectivity index (χ3n) is 3.69. The van der Waals surface area contributed by atoms with Crippen molar-refractivity contribution in [1.29, 1.82) is 0 Å². The second-order valence-corrected chi connectivity index (χ2v) is 4.90. The lowest BCUT2D eigenvalue weighted by Crippen LogP contribution is -2.48. The number of hydrogen-bond acceptors (Lipinski definition) is 3. The fourth-order valence-corrected chi connectivity index (χ4v) is 1.98. The fraction of sp³-hybridized carbons (Fsp3) is 0.571. The van der Waals surface area contributed by atoms with Gasteiger partial charge in [0.2, 0.25) is 0 Å². The van der Waals surface area contributed by atoms with E-state index in [2.05, 4.69) is 0 Å². The SMILES string of the molecule is CCC1(CO)COC(C)(c2ccccc2)OC1. The monoisotopic (exact) mass is 236 g/mol. The maximum atomic E-state index is 9.42. The van der Waals surface area contributed by atoms with Gasteiger partial charge in [0.25, 0.3) is 0 Å². The third-order valence-corrected chi connectivity index (χ3v) is 3.69. The van der Waals surface area contributed by atoms with Crippen LogP contribution in [0.3, 0.4) is 0 Å². The molecule has 17 heavy (non-hydrogen) atoms. The Morgan fingerprint density at radius 1 is 1.18 bits per heavy atom. The zero-order valence-corrected chi connectivity index (χ0v) is 10.5. The van der Waals surface area contributed by atoms with Gasteiger partial charge in [-0.05, 0) is 13.3 Å². The van der Waals surface area contributed by atoms with Crippen molar-refractivity contribution in [1.82, 2.24) is 0 Å². The Morgan fingerprint density at radius 2 is 1.76 bits per heavy atom. The molecule has 1 aliphatic rings. The van der Waals surface area contributed by atoms with Gasteiger partial charge in [-0.3, -0.25) is 0 Å². The van der Waals surface area contributed by atoms with Gasteiger partial charge < -0.3 is 14.6 Å². The first-order valence-electron chi connectivity index (χ1n) is 6.08. The Morgan fingerprint density at radius 3 is 2.24 bits per heavy atom. The summed E-state index contributed by atoms with van der Waals surface area (Å²) in [6, 6.07) is 9.91. The molecule has 1 heterocycles. The zero-order chi connectivity index (χ0) is 12.4. The van der Waals surface area contributed by atoms with E-state index in [1.165, 1.54) is 0 Å². The van der Waals surface area contributed by atoms with Crippen molar-refractivity contribution in [3.63, 3.8) is 0 Å². The highest BCUT2D eigenvalue weighted by Gasteiger charge is 2.41. The van der Waals surface area contributed by atoms with Crippen LogP contribution in [0.5, 0.6) is 0 Å². The molecule has 0 atom stereocenters. The highest BCUT2D eigenvalue weighted by atomic mass is 16.7. The second kappa shape index (κ2) is 4.77. The van der Waals surface area contributed by atoms with E-state index in [0.717, 1.165) is 12.0 Å². The van der Waals surface area contributed by atoms with Crippen molar-refractivity contribution < 1.29 is 14.6 Å². The first kappa shape index (κ1) is 12.6. The zero-order valence-electron chi connectivity index (χ0n) is 10.5. The molecule has 1 aromatic rings. The highest BCUT2D eigenvalue weighted by molar-refractivity contribution is 5.20. The van der Waals surface area contributed by atoms with Crippen LogP contribution in [0, 0.1) is 5.41 Å². The van der Waals surface area contributed by atoms with Crippen LogP contribution in [0.15, 0.2) is 30.3 Å². The van der Waals surface area contributed by atoms with E-state index in [1.807, 2.05) is 44.2 Å². The molecule has 0 radical (unpaired) electrons. The van der Waals surface area contributed by atoms with Crippen molar-refractivity contribution in [2.75, 3.05) is 19.8 Å². The van der Waals surface area contributed by atoms with Gasteiger partial charge in [0.1, 0.15) is 0 Å². The first-order chi connectivity index (χ1) is 8.14. The number of benzene rings is 1. The lowest BCUT2D eigenvalue weighted by molar-refractivity contribution is -0.308. The van der Waals surface area contributed by atoms with Gasteiger partial charge in [-0.15, -0.1) is 0 Å². The second-order valence-electron chi connectivity index (χ2n) is 4.90. The van der Waals surface area contributed by atoms with E-state index < -0.39 is 5.79 Å². The molecule has 1 aromatic carbocycles. The topological polar surface area (TPSA) is 38.7 Å². The smallest absolute Gasteiger partial charge is 0.191 e. The van der Waals surface area contributed by atoms with Crippen LogP contribution in [-0.4, -0.2) is 24.9 Å². The molecule has 1 N–H and O–H groups in total. The average molecular weight is 236 g/mol. The summed E-state index contributed by atoms with van der Waals surface area (Å²) in [7, 11) is 0. The summed E-state index contributed by atoms with van der Waals surface area (Å²) in [6.45, 7) is 5.15. The maximum Gasteiger partial charge on any atom is 0.191 e. The summed E-state index contributed by atoms with van der Waals surface area (Å²) in [5.41, 5.74) is 0.775. The molecule has 1 saturated heterocycles. The van der Waals surface area contributed by atoms with Crippen LogP contribution in [0.4, 0.5) is 0 Å². The molecule has 0 aliphatic carbocycles. The van der Waals surface area contributed by atoms with Crippen LogP contribution >= 0.6 is 0 Å². The Bertz CT molecular complexity index is 347. The average Bonchev–Trinajstić information content (AvgIpc) is 2.41. The molecule has 0 amide bonds. The van der Waals surface area contributed by atoms with Crippen LogP contribution < -0.4 is 0 Å². The molecule has 3 heteroatoms. The minimum atomic E-state index is -0.685. The van der Waals surface area contributed by atoms with Crippen LogP contribution in [0.25, 0.3) is 0 Å². The van der Waals surface area contributed by atoms with Crippen LogP contribution in [0.1, 0.15) is 25.8 Å². The molecule has 0 unspecified atom stereocenters. The molecule has 0 saturated carbocycles. The summed E-state index contributed by atoms with van der Waals surface area (Å²) < 4.78 is 11.7. The van der Waals surface area contributed by atoms with Crippen molar-refractivity contribution in [2.45, 2.75) is 26.1 Å². The Balaban J connectivity index is 2.12. The normalized spacial score (nSPS) is 33.6. The largest absolute Gasteiger partial charge is 0.396 e.